The molecule has 3 aromatic rings. The number of H-pyrrole nitrogens is 1. The molecule has 5 heteroatoms. The number of hydrogen-bond acceptors (Lipinski definition) is 4. The largest absolute Gasteiger partial charge is 0.348 e. The summed E-state index contributed by atoms with van der Waals surface area (Å²) in [6, 6.07) is 12.0. The predicted octanol–water partition coefficient (Wildman–Crippen LogP) is 2.44. The zero-order valence-electron chi connectivity index (χ0n) is 12.4. The van der Waals surface area contributed by atoms with Gasteiger partial charge in [0.05, 0.1) is 17.7 Å². The number of aromatic nitrogens is 4. The minimum atomic E-state index is 0.811. The third-order valence-corrected chi connectivity index (χ3v) is 3.48. The number of nitrogens with zero attached hydrogens (tertiary/aromatic N) is 4. The van der Waals surface area contributed by atoms with E-state index in [0.717, 1.165) is 43.1 Å². The van der Waals surface area contributed by atoms with Crippen LogP contribution in [0.15, 0.2) is 61.3 Å². The van der Waals surface area contributed by atoms with Gasteiger partial charge in [-0.05, 0) is 24.3 Å². The van der Waals surface area contributed by atoms with Crippen LogP contribution in [0, 0.1) is 0 Å². The van der Waals surface area contributed by atoms with Gasteiger partial charge in [-0.1, -0.05) is 12.1 Å². The zero-order valence-corrected chi connectivity index (χ0v) is 12.4. The summed E-state index contributed by atoms with van der Waals surface area (Å²) in [6.07, 6.45) is 8.20. The highest BCUT2D eigenvalue weighted by Crippen LogP contribution is 2.08. The monoisotopic (exact) mass is 293 g/mol. The molecular formula is C17H19N5. The van der Waals surface area contributed by atoms with Gasteiger partial charge in [0, 0.05) is 50.3 Å². The standard InChI is InChI=1S/C17H19N5/c1-3-8-19-16(5-1)12-22(10-7-15-11-18-14-21-15)13-17-6-2-4-9-20-17/h1-6,8-9,11,14H,7,10,12-13H2,(H,18,21). The number of pyridine rings is 2. The molecule has 3 rings (SSSR count). The first kappa shape index (κ1) is 14.4. The summed E-state index contributed by atoms with van der Waals surface area (Å²) in [5.41, 5.74) is 3.29. The van der Waals surface area contributed by atoms with E-state index in [0.29, 0.717) is 0 Å². The summed E-state index contributed by atoms with van der Waals surface area (Å²) in [5.74, 6) is 0. The molecule has 0 aliphatic heterocycles. The Morgan fingerprint density at radius 1 is 0.909 bits per heavy atom. The third kappa shape index (κ3) is 4.23. The SMILES string of the molecule is c1ccc(CN(CCc2cnc[nH]2)Cc2ccccn2)nc1. The molecule has 0 fully saturated rings. The van der Waals surface area contributed by atoms with Crippen molar-refractivity contribution in [3.63, 3.8) is 0 Å². The number of aromatic amines is 1. The van der Waals surface area contributed by atoms with Crippen molar-refractivity contribution >= 4 is 0 Å². The van der Waals surface area contributed by atoms with Gasteiger partial charge in [0.25, 0.3) is 0 Å². The Hall–Kier alpha value is -2.53. The first-order valence-electron chi connectivity index (χ1n) is 7.39. The van der Waals surface area contributed by atoms with Gasteiger partial charge in [-0.2, -0.15) is 0 Å². The molecule has 0 radical (unpaired) electrons. The predicted molar refractivity (Wildman–Crippen MR) is 84.9 cm³/mol. The Bertz CT molecular complexity index is 611. The molecular weight excluding hydrogens is 274 g/mol. The first-order valence-corrected chi connectivity index (χ1v) is 7.39. The normalized spacial score (nSPS) is 11.0. The van der Waals surface area contributed by atoms with Crippen molar-refractivity contribution in [3.8, 4) is 0 Å². The van der Waals surface area contributed by atoms with Crippen molar-refractivity contribution in [2.45, 2.75) is 19.5 Å². The Kier molecular flexibility index (Phi) is 4.89. The summed E-state index contributed by atoms with van der Waals surface area (Å²) in [4.78, 5) is 18.4. The molecule has 22 heavy (non-hydrogen) atoms. The maximum absolute atomic E-state index is 4.42. The van der Waals surface area contributed by atoms with Crippen LogP contribution in [0.5, 0.6) is 0 Å². The summed E-state index contributed by atoms with van der Waals surface area (Å²) >= 11 is 0. The number of nitrogens with one attached hydrogen (secondary N) is 1. The van der Waals surface area contributed by atoms with Crippen LogP contribution >= 0.6 is 0 Å². The average molecular weight is 293 g/mol. The van der Waals surface area contributed by atoms with Crippen LogP contribution in [0.25, 0.3) is 0 Å². The lowest BCUT2D eigenvalue weighted by molar-refractivity contribution is 0.253. The molecule has 0 saturated heterocycles. The van der Waals surface area contributed by atoms with Crippen LogP contribution < -0.4 is 0 Å². The summed E-state index contributed by atoms with van der Waals surface area (Å²) in [6.45, 7) is 2.55. The van der Waals surface area contributed by atoms with E-state index < -0.39 is 0 Å². The molecule has 3 aromatic heterocycles. The summed E-state index contributed by atoms with van der Waals surface area (Å²) in [7, 11) is 0. The van der Waals surface area contributed by atoms with Crippen molar-refractivity contribution in [1.82, 2.24) is 24.8 Å². The van der Waals surface area contributed by atoms with E-state index in [-0.39, 0.29) is 0 Å². The smallest absolute Gasteiger partial charge is 0.0921 e. The van der Waals surface area contributed by atoms with Gasteiger partial charge in [0.2, 0.25) is 0 Å². The fourth-order valence-electron chi connectivity index (χ4n) is 2.36. The van der Waals surface area contributed by atoms with Gasteiger partial charge >= 0.3 is 0 Å². The van der Waals surface area contributed by atoms with E-state index in [1.54, 1.807) is 6.33 Å². The van der Waals surface area contributed by atoms with Crippen molar-refractivity contribution in [3.05, 3.63) is 78.4 Å². The molecule has 5 nitrogen and oxygen atoms in total. The molecule has 3 heterocycles. The van der Waals surface area contributed by atoms with Crippen molar-refractivity contribution < 1.29 is 0 Å². The van der Waals surface area contributed by atoms with Crippen molar-refractivity contribution in [2.24, 2.45) is 0 Å². The van der Waals surface area contributed by atoms with Crippen LogP contribution in [0.1, 0.15) is 17.1 Å². The minimum absolute atomic E-state index is 0.811. The lowest BCUT2D eigenvalue weighted by atomic mass is 10.2. The molecule has 0 saturated carbocycles. The lowest BCUT2D eigenvalue weighted by Crippen LogP contribution is -2.26. The van der Waals surface area contributed by atoms with E-state index in [1.165, 1.54) is 0 Å². The second kappa shape index (κ2) is 7.47. The summed E-state index contributed by atoms with van der Waals surface area (Å²) < 4.78 is 0. The highest BCUT2D eigenvalue weighted by atomic mass is 15.1. The number of rotatable bonds is 7. The van der Waals surface area contributed by atoms with Gasteiger partial charge in [-0.25, -0.2) is 4.98 Å². The van der Waals surface area contributed by atoms with Gasteiger partial charge in [0.15, 0.2) is 0 Å². The maximum Gasteiger partial charge on any atom is 0.0921 e. The van der Waals surface area contributed by atoms with Gasteiger partial charge in [-0.3, -0.25) is 14.9 Å². The minimum Gasteiger partial charge on any atom is -0.348 e. The fourth-order valence-corrected chi connectivity index (χ4v) is 2.36. The van der Waals surface area contributed by atoms with Crippen LogP contribution in [0.2, 0.25) is 0 Å². The summed E-state index contributed by atoms with van der Waals surface area (Å²) in [5, 5.41) is 0. The molecule has 0 bridgehead atoms. The highest BCUT2D eigenvalue weighted by Gasteiger charge is 2.09. The molecule has 1 N–H and O–H groups in total. The van der Waals surface area contributed by atoms with Crippen molar-refractivity contribution in [1.29, 1.82) is 0 Å². The van der Waals surface area contributed by atoms with Crippen LogP contribution in [0.4, 0.5) is 0 Å². The molecule has 0 aliphatic carbocycles. The topological polar surface area (TPSA) is 57.7 Å². The lowest BCUT2D eigenvalue weighted by Gasteiger charge is -2.21. The quantitative estimate of drug-likeness (QED) is 0.727. The molecule has 0 amide bonds. The second-order valence-corrected chi connectivity index (χ2v) is 5.18. The van der Waals surface area contributed by atoms with E-state index in [9.17, 15) is 0 Å². The van der Waals surface area contributed by atoms with E-state index in [4.69, 9.17) is 0 Å². The Balaban J connectivity index is 1.67. The molecule has 0 unspecified atom stereocenters. The molecule has 0 atom stereocenters. The second-order valence-electron chi connectivity index (χ2n) is 5.18. The maximum atomic E-state index is 4.42. The third-order valence-electron chi connectivity index (χ3n) is 3.48. The van der Waals surface area contributed by atoms with E-state index >= 15 is 0 Å². The highest BCUT2D eigenvalue weighted by molar-refractivity contribution is 5.06. The van der Waals surface area contributed by atoms with E-state index in [2.05, 4.69) is 37.0 Å². The van der Waals surface area contributed by atoms with Crippen LogP contribution in [-0.2, 0) is 19.5 Å². The first-order chi connectivity index (χ1) is 10.9. The van der Waals surface area contributed by atoms with Crippen molar-refractivity contribution in [2.75, 3.05) is 6.54 Å². The molecule has 0 aromatic carbocycles. The van der Waals surface area contributed by atoms with Crippen LogP contribution in [0.3, 0.4) is 0 Å². The zero-order chi connectivity index (χ0) is 15.0. The molecule has 112 valence electrons. The number of imidazole rings is 1. The van der Waals surface area contributed by atoms with Gasteiger partial charge in [0.1, 0.15) is 0 Å². The molecule has 0 spiro atoms. The van der Waals surface area contributed by atoms with E-state index in [1.807, 2.05) is 42.9 Å². The fraction of sp³-hybridized carbons (Fsp3) is 0.235. The Morgan fingerprint density at radius 3 is 2.09 bits per heavy atom. The Morgan fingerprint density at radius 2 is 1.59 bits per heavy atom. The number of hydrogen-bond donors (Lipinski definition) is 1. The van der Waals surface area contributed by atoms with Gasteiger partial charge in [-0.15, -0.1) is 0 Å². The van der Waals surface area contributed by atoms with Gasteiger partial charge < -0.3 is 4.98 Å². The Labute approximate surface area is 130 Å². The average Bonchev–Trinajstić information content (AvgIpc) is 3.08. The molecule has 0 aliphatic rings. The van der Waals surface area contributed by atoms with Crippen LogP contribution in [-0.4, -0.2) is 31.4 Å².